The van der Waals surface area contributed by atoms with Crippen LogP contribution >= 0.6 is 0 Å². The van der Waals surface area contributed by atoms with E-state index in [1.165, 1.54) is 0 Å². The van der Waals surface area contributed by atoms with Crippen molar-refractivity contribution in [2.45, 2.75) is 0 Å². The Bertz CT molecular complexity index is 351. The number of nitrogens with zero attached hydrogens (tertiary/aromatic N) is 1. The quantitative estimate of drug-likeness (QED) is 0.524. The Morgan fingerprint density at radius 2 is 2.00 bits per heavy atom. The van der Waals surface area contributed by atoms with Crippen molar-refractivity contribution in [3.8, 4) is 5.88 Å². The van der Waals surface area contributed by atoms with E-state index in [9.17, 15) is 5.11 Å². The molecule has 10 heavy (non-hydrogen) atoms. The monoisotopic (exact) mass is 132 g/mol. The van der Waals surface area contributed by atoms with Gasteiger partial charge in [-0.25, -0.2) is 0 Å². The van der Waals surface area contributed by atoms with Gasteiger partial charge in [0.25, 0.3) is 5.88 Å². The predicted octanol–water partition coefficient (Wildman–Crippen LogP) is 2.08. The standard InChI is InChI=1S/C8H6NO/c10-8-5-4-7-3-1-2-6-9(7)8/h1-6H. The maximum Gasteiger partial charge on any atom is 0.255 e. The van der Waals surface area contributed by atoms with Gasteiger partial charge in [0.2, 0.25) is 0 Å². The number of fused-ring (bicyclic) bond motifs is 1. The number of aromatic nitrogens is 1. The van der Waals surface area contributed by atoms with E-state index >= 15 is 0 Å². The van der Waals surface area contributed by atoms with Crippen LogP contribution in [0.5, 0.6) is 5.88 Å². The molecule has 1 radical (unpaired) electrons. The summed E-state index contributed by atoms with van der Waals surface area (Å²) in [4.78, 5) is 0. The smallest absolute Gasteiger partial charge is 0.255 e. The highest BCUT2D eigenvalue weighted by molar-refractivity contribution is 5.50. The Kier molecular flexibility index (Phi) is 0.947. The lowest BCUT2D eigenvalue weighted by Crippen LogP contribution is -1.77. The fourth-order valence-electron chi connectivity index (χ4n) is 1.03. The first-order chi connectivity index (χ1) is 4.88. The zero-order chi connectivity index (χ0) is 6.97. The molecule has 0 aliphatic carbocycles. The molecule has 2 rings (SSSR count). The second-order valence-corrected chi connectivity index (χ2v) is 2.17. The van der Waals surface area contributed by atoms with Crippen molar-refractivity contribution in [3.63, 3.8) is 0 Å². The molecule has 0 aromatic carbocycles. The van der Waals surface area contributed by atoms with Gasteiger partial charge in [0.15, 0.2) is 0 Å². The average Bonchev–Trinajstić information content (AvgIpc) is 2.34. The van der Waals surface area contributed by atoms with Crippen LogP contribution in [0.4, 0.5) is 0 Å². The third-order valence-corrected chi connectivity index (χ3v) is 1.53. The first-order valence-corrected chi connectivity index (χ1v) is 3.11. The van der Waals surface area contributed by atoms with Crippen molar-refractivity contribution in [2.75, 3.05) is 0 Å². The highest BCUT2D eigenvalue weighted by Gasteiger charge is 1.96. The van der Waals surface area contributed by atoms with Gasteiger partial charge in [0, 0.05) is 17.8 Å². The Hall–Kier alpha value is -1.44. The minimum Gasteiger partial charge on any atom is -0.284 e. The largest absolute Gasteiger partial charge is 0.284 e. The summed E-state index contributed by atoms with van der Waals surface area (Å²) in [6, 6.07) is 9.03. The molecule has 2 nitrogen and oxygen atoms in total. The van der Waals surface area contributed by atoms with Gasteiger partial charge >= 0.3 is 0 Å². The van der Waals surface area contributed by atoms with Crippen LogP contribution < -0.4 is 0 Å². The molecule has 2 aromatic rings. The first-order valence-electron chi connectivity index (χ1n) is 3.11. The van der Waals surface area contributed by atoms with E-state index in [2.05, 4.69) is 0 Å². The summed E-state index contributed by atoms with van der Waals surface area (Å²) >= 11 is 0. The van der Waals surface area contributed by atoms with Gasteiger partial charge < -0.3 is 0 Å². The Balaban J connectivity index is 2.93. The maximum absolute atomic E-state index is 10.9. The normalized spacial score (nSPS) is 10.4. The van der Waals surface area contributed by atoms with Gasteiger partial charge in [-0.15, -0.1) is 0 Å². The lowest BCUT2D eigenvalue weighted by Gasteiger charge is -1.90. The molecule has 49 valence electrons. The third-order valence-electron chi connectivity index (χ3n) is 1.53. The van der Waals surface area contributed by atoms with Crippen LogP contribution in [0.1, 0.15) is 0 Å². The predicted molar refractivity (Wildman–Crippen MR) is 37.5 cm³/mol. The van der Waals surface area contributed by atoms with Crippen molar-refractivity contribution < 1.29 is 5.11 Å². The summed E-state index contributed by atoms with van der Waals surface area (Å²) < 4.78 is 1.61. The maximum atomic E-state index is 10.9. The number of pyridine rings is 1. The molecule has 0 atom stereocenters. The lowest BCUT2D eigenvalue weighted by molar-refractivity contribution is 0.334. The summed E-state index contributed by atoms with van der Waals surface area (Å²) in [6.45, 7) is 0. The fraction of sp³-hybridized carbons (Fsp3) is 0. The summed E-state index contributed by atoms with van der Waals surface area (Å²) in [6.07, 6.45) is 1.76. The third kappa shape index (κ3) is 0.589. The zero-order valence-electron chi connectivity index (χ0n) is 5.32. The van der Waals surface area contributed by atoms with Crippen molar-refractivity contribution in [1.29, 1.82) is 0 Å². The highest BCUT2D eigenvalue weighted by Crippen LogP contribution is 2.14. The van der Waals surface area contributed by atoms with Crippen LogP contribution in [0.2, 0.25) is 0 Å². The number of hydrogen-bond acceptors (Lipinski definition) is 0. The summed E-state index contributed by atoms with van der Waals surface area (Å²) in [5.74, 6) is 0.0376. The SMILES string of the molecule is [O]c1ccc2ccccn12. The van der Waals surface area contributed by atoms with Gasteiger partial charge in [-0.05, 0) is 18.2 Å². The average molecular weight is 132 g/mol. The van der Waals surface area contributed by atoms with E-state index in [1.807, 2.05) is 24.3 Å². The van der Waals surface area contributed by atoms with Crippen LogP contribution in [0.15, 0.2) is 36.5 Å². The van der Waals surface area contributed by atoms with Crippen LogP contribution in [-0.2, 0) is 5.11 Å². The lowest BCUT2D eigenvalue weighted by atomic mass is 10.4. The van der Waals surface area contributed by atoms with Gasteiger partial charge in [-0.2, -0.15) is 0 Å². The minimum atomic E-state index is 0.0376. The Morgan fingerprint density at radius 1 is 1.10 bits per heavy atom. The zero-order valence-corrected chi connectivity index (χ0v) is 5.32. The number of hydrogen-bond donors (Lipinski definition) is 0. The summed E-state index contributed by atoms with van der Waals surface area (Å²) in [5.41, 5.74) is 0.951. The molecule has 0 bridgehead atoms. The van der Waals surface area contributed by atoms with Crippen molar-refractivity contribution in [1.82, 2.24) is 4.40 Å². The van der Waals surface area contributed by atoms with E-state index in [0.717, 1.165) is 5.52 Å². The Morgan fingerprint density at radius 3 is 2.80 bits per heavy atom. The molecule has 2 heterocycles. The van der Waals surface area contributed by atoms with Gasteiger partial charge in [-0.1, -0.05) is 6.07 Å². The number of rotatable bonds is 0. The molecule has 0 saturated heterocycles. The molecule has 0 unspecified atom stereocenters. The van der Waals surface area contributed by atoms with Crippen molar-refractivity contribution in [2.24, 2.45) is 0 Å². The molecule has 0 spiro atoms. The van der Waals surface area contributed by atoms with E-state index in [1.54, 1.807) is 16.7 Å². The van der Waals surface area contributed by atoms with Gasteiger partial charge in [-0.3, -0.25) is 9.51 Å². The van der Waals surface area contributed by atoms with Crippen LogP contribution in [0.25, 0.3) is 5.52 Å². The van der Waals surface area contributed by atoms with E-state index in [4.69, 9.17) is 0 Å². The molecular weight excluding hydrogens is 126 g/mol. The highest BCUT2D eigenvalue weighted by atomic mass is 16.3. The molecule has 0 aliphatic heterocycles. The second kappa shape index (κ2) is 1.77. The van der Waals surface area contributed by atoms with Crippen molar-refractivity contribution >= 4 is 5.52 Å². The van der Waals surface area contributed by atoms with Crippen LogP contribution in [-0.4, -0.2) is 4.40 Å². The van der Waals surface area contributed by atoms with E-state index in [-0.39, 0.29) is 5.88 Å². The molecule has 0 fully saturated rings. The second-order valence-electron chi connectivity index (χ2n) is 2.17. The van der Waals surface area contributed by atoms with Crippen LogP contribution in [0, 0.1) is 0 Å². The summed E-state index contributed by atoms with van der Waals surface area (Å²) in [7, 11) is 0. The molecule has 0 N–H and O–H groups in total. The molecule has 0 amide bonds. The minimum absolute atomic E-state index is 0.0376. The fourth-order valence-corrected chi connectivity index (χ4v) is 1.03. The van der Waals surface area contributed by atoms with Gasteiger partial charge in [0.05, 0.1) is 0 Å². The van der Waals surface area contributed by atoms with Crippen LogP contribution in [0.3, 0.4) is 0 Å². The van der Waals surface area contributed by atoms with Crippen molar-refractivity contribution in [3.05, 3.63) is 36.5 Å². The summed E-state index contributed by atoms with van der Waals surface area (Å²) in [5, 5.41) is 10.9. The van der Waals surface area contributed by atoms with E-state index < -0.39 is 0 Å². The molecule has 0 saturated carbocycles. The molecule has 2 aromatic heterocycles. The van der Waals surface area contributed by atoms with Gasteiger partial charge in [0.1, 0.15) is 0 Å². The van der Waals surface area contributed by atoms with E-state index in [0.29, 0.717) is 0 Å². The topological polar surface area (TPSA) is 24.3 Å². The first kappa shape index (κ1) is 5.35. The Labute approximate surface area is 58.3 Å². The molecule has 0 aliphatic rings. The molecular formula is C8H6NO. The molecule has 2 heteroatoms.